The van der Waals surface area contributed by atoms with Crippen LogP contribution < -0.4 is 0 Å². The third kappa shape index (κ3) is 26.3. The van der Waals surface area contributed by atoms with Crippen LogP contribution >= 0.6 is 0 Å². The van der Waals surface area contributed by atoms with Crippen LogP contribution in [0.4, 0.5) is 0 Å². The molecule has 0 saturated heterocycles. The average Bonchev–Trinajstić information content (AvgIpc) is 3.14. The Labute approximate surface area is 321 Å². The molecule has 6 nitrogen and oxygen atoms in total. The quantitative estimate of drug-likeness (QED) is 0.0346. The van der Waals surface area contributed by atoms with E-state index in [2.05, 4.69) is 41.5 Å². The summed E-state index contributed by atoms with van der Waals surface area (Å²) in [6.45, 7) is 22.7. The van der Waals surface area contributed by atoms with Gasteiger partial charge in [-0.05, 0) is 105 Å². The zero-order chi connectivity index (χ0) is 38.1. The Bertz CT molecular complexity index is 770. The molecular weight excluding hydrogens is 653 g/mol. The van der Waals surface area contributed by atoms with Gasteiger partial charge in [-0.15, -0.1) is 0 Å². The standard InChI is InChI=1S/2C22H46N.H2O4S/c2*1-4-7-8-9-10-11-12-13-14-18-21-23(5-2,6-3)22-19-16-15-17-20-22;1-5(2,3)4/h2*22H,4-21H2,1-3H3;(H2,1,2,3,4)/q2*+1;/p-2. The zero-order valence-corrected chi connectivity index (χ0v) is 36.4. The first-order chi connectivity index (χ1) is 24.6. The largest absolute Gasteiger partial charge is 0.759 e. The first kappa shape index (κ1) is 50.8. The molecule has 0 aromatic rings. The number of unbranched alkanes of at least 4 members (excludes halogenated alkanes) is 18. The van der Waals surface area contributed by atoms with Gasteiger partial charge in [-0.1, -0.05) is 129 Å². The predicted molar refractivity (Wildman–Crippen MR) is 220 cm³/mol. The SMILES string of the molecule is CCCCCCCCCCCC[N+](CC)(CC)C1CCCCC1.CCCCCCCCCCCC[N+](CC)(CC)C1CCCCC1.O=S(=O)([O-])[O-]. The van der Waals surface area contributed by atoms with Gasteiger partial charge in [0.25, 0.3) is 0 Å². The van der Waals surface area contributed by atoms with Crippen LogP contribution in [0.3, 0.4) is 0 Å². The van der Waals surface area contributed by atoms with E-state index in [1.165, 1.54) is 241 Å². The molecule has 2 fully saturated rings. The van der Waals surface area contributed by atoms with Crippen LogP contribution in [0.25, 0.3) is 0 Å². The molecule has 2 rings (SSSR count). The molecule has 0 radical (unpaired) electrons. The summed E-state index contributed by atoms with van der Waals surface area (Å²) in [6.07, 6.45) is 44.1. The molecule has 0 aromatic carbocycles. The number of hydrogen-bond acceptors (Lipinski definition) is 4. The van der Waals surface area contributed by atoms with E-state index in [9.17, 15) is 0 Å². The smallest absolute Gasteiger partial charge is 0.0890 e. The van der Waals surface area contributed by atoms with Crippen LogP contribution in [0.1, 0.15) is 234 Å². The van der Waals surface area contributed by atoms with Gasteiger partial charge in [0.2, 0.25) is 0 Å². The normalized spacial score (nSPS) is 16.3. The van der Waals surface area contributed by atoms with Crippen molar-refractivity contribution in [1.82, 2.24) is 0 Å². The van der Waals surface area contributed by atoms with Crippen molar-refractivity contribution >= 4 is 10.4 Å². The lowest BCUT2D eigenvalue weighted by Crippen LogP contribution is -2.56. The highest BCUT2D eigenvalue weighted by Crippen LogP contribution is 2.30. The van der Waals surface area contributed by atoms with Crippen molar-refractivity contribution in [2.75, 3.05) is 39.3 Å². The van der Waals surface area contributed by atoms with E-state index in [-0.39, 0.29) is 0 Å². The van der Waals surface area contributed by atoms with Gasteiger partial charge in [-0.2, -0.15) is 0 Å². The van der Waals surface area contributed by atoms with Crippen LogP contribution in [0.15, 0.2) is 0 Å². The number of hydrogen-bond donors (Lipinski definition) is 0. The predicted octanol–water partition coefficient (Wildman–Crippen LogP) is 12.9. The molecule has 308 valence electrons. The molecule has 0 aliphatic heterocycles. The second kappa shape index (κ2) is 33.2. The van der Waals surface area contributed by atoms with Crippen molar-refractivity contribution in [3.05, 3.63) is 0 Å². The maximum atomic E-state index is 8.52. The van der Waals surface area contributed by atoms with Crippen LogP contribution in [0.2, 0.25) is 0 Å². The molecule has 0 spiro atoms. The summed E-state index contributed by atoms with van der Waals surface area (Å²) in [5.41, 5.74) is 0. The van der Waals surface area contributed by atoms with Crippen LogP contribution in [0.5, 0.6) is 0 Å². The van der Waals surface area contributed by atoms with Gasteiger partial charge in [0, 0.05) is 10.4 Å². The van der Waals surface area contributed by atoms with Crippen molar-refractivity contribution in [3.63, 3.8) is 0 Å². The molecule has 0 amide bonds. The fourth-order valence-corrected chi connectivity index (χ4v) is 9.56. The summed E-state index contributed by atoms with van der Waals surface area (Å²) >= 11 is 0. The van der Waals surface area contributed by atoms with E-state index < -0.39 is 10.4 Å². The lowest BCUT2D eigenvalue weighted by Gasteiger charge is -2.45. The Kier molecular flexibility index (Phi) is 33.0. The summed E-state index contributed by atoms with van der Waals surface area (Å²) < 4.78 is 36.9. The molecule has 0 bridgehead atoms. The highest BCUT2D eigenvalue weighted by molar-refractivity contribution is 7.79. The van der Waals surface area contributed by atoms with E-state index in [4.69, 9.17) is 17.5 Å². The third-order valence-corrected chi connectivity index (χ3v) is 13.1. The summed E-state index contributed by atoms with van der Waals surface area (Å²) in [7, 11) is -5.17. The van der Waals surface area contributed by atoms with Crippen molar-refractivity contribution < 1.29 is 26.5 Å². The molecule has 51 heavy (non-hydrogen) atoms. The van der Waals surface area contributed by atoms with Gasteiger partial charge in [-0.3, -0.25) is 8.42 Å². The van der Waals surface area contributed by atoms with E-state index in [1.54, 1.807) is 0 Å². The molecule has 0 N–H and O–H groups in total. The summed E-state index contributed by atoms with van der Waals surface area (Å²) in [5, 5.41) is 0. The lowest BCUT2D eigenvalue weighted by molar-refractivity contribution is -0.949. The second-order valence-electron chi connectivity index (χ2n) is 16.5. The van der Waals surface area contributed by atoms with E-state index in [0.29, 0.717) is 0 Å². The minimum Gasteiger partial charge on any atom is -0.759 e. The molecule has 2 aliphatic rings. The van der Waals surface area contributed by atoms with Gasteiger partial charge >= 0.3 is 0 Å². The zero-order valence-electron chi connectivity index (χ0n) is 35.5. The Balaban J connectivity index is 0.000000865. The van der Waals surface area contributed by atoms with Gasteiger partial charge in [-0.25, -0.2) is 0 Å². The third-order valence-electron chi connectivity index (χ3n) is 13.1. The van der Waals surface area contributed by atoms with Gasteiger partial charge < -0.3 is 18.1 Å². The molecule has 0 aromatic heterocycles. The highest BCUT2D eigenvalue weighted by atomic mass is 32.3. The fourth-order valence-electron chi connectivity index (χ4n) is 9.56. The first-order valence-corrected chi connectivity index (χ1v) is 24.3. The minimum atomic E-state index is -5.17. The second-order valence-corrected chi connectivity index (χ2v) is 17.3. The topological polar surface area (TPSA) is 80.3 Å². The fraction of sp³-hybridized carbons (Fsp3) is 1.00. The Morgan fingerprint density at radius 3 is 0.824 bits per heavy atom. The Morgan fingerprint density at radius 1 is 0.392 bits per heavy atom. The van der Waals surface area contributed by atoms with Crippen molar-refractivity contribution in [1.29, 1.82) is 0 Å². The molecule has 2 aliphatic carbocycles. The molecule has 2 saturated carbocycles. The number of rotatable bonds is 28. The summed E-state index contributed by atoms with van der Waals surface area (Å²) in [6, 6.07) is 1.97. The molecular formula is C44H92N2O4S. The van der Waals surface area contributed by atoms with E-state index >= 15 is 0 Å². The number of nitrogens with zero attached hydrogens (tertiary/aromatic N) is 2. The van der Waals surface area contributed by atoms with Crippen LogP contribution in [-0.4, -0.2) is 77.8 Å². The molecule has 0 unspecified atom stereocenters. The van der Waals surface area contributed by atoms with Crippen LogP contribution in [-0.2, 0) is 10.4 Å². The maximum Gasteiger partial charge on any atom is 0.0890 e. The van der Waals surface area contributed by atoms with Gasteiger partial charge in [0.15, 0.2) is 0 Å². The summed E-state index contributed by atoms with van der Waals surface area (Å²) in [5.74, 6) is 0. The molecule has 7 heteroatoms. The monoisotopic (exact) mass is 745 g/mol. The minimum absolute atomic E-state index is 0.984. The molecule has 0 atom stereocenters. The maximum absolute atomic E-state index is 8.52. The highest BCUT2D eigenvalue weighted by Gasteiger charge is 2.35. The van der Waals surface area contributed by atoms with Crippen molar-refractivity contribution in [2.24, 2.45) is 0 Å². The molecule has 0 heterocycles. The Morgan fingerprint density at radius 2 is 0.608 bits per heavy atom. The van der Waals surface area contributed by atoms with Crippen LogP contribution in [0, 0.1) is 0 Å². The summed E-state index contributed by atoms with van der Waals surface area (Å²) in [4.78, 5) is 0. The Hall–Kier alpha value is -0.210. The van der Waals surface area contributed by atoms with Gasteiger partial charge in [0.05, 0.1) is 51.4 Å². The van der Waals surface area contributed by atoms with E-state index in [1.807, 2.05) is 0 Å². The van der Waals surface area contributed by atoms with Crippen molar-refractivity contribution in [2.45, 2.75) is 246 Å². The lowest BCUT2D eigenvalue weighted by atomic mass is 9.91. The number of quaternary nitrogens is 2. The van der Waals surface area contributed by atoms with Crippen molar-refractivity contribution in [3.8, 4) is 0 Å². The van der Waals surface area contributed by atoms with Gasteiger partial charge in [0.1, 0.15) is 0 Å². The van der Waals surface area contributed by atoms with E-state index in [0.717, 1.165) is 12.1 Å². The first-order valence-electron chi connectivity index (χ1n) is 23.0. The average molecular weight is 745 g/mol.